The minimum Gasteiger partial charge on any atom is -0.320 e. The SMILES string of the molecule is Cl.N[C@@H](Cc1ccccc1)C(=O)Cl. The van der Waals surface area contributed by atoms with Gasteiger partial charge in [0.2, 0.25) is 5.24 Å². The van der Waals surface area contributed by atoms with Gasteiger partial charge in [-0.25, -0.2) is 0 Å². The minimum absolute atomic E-state index is 0. The molecule has 0 saturated heterocycles. The normalized spacial score (nSPS) is 11.5. The van der Waals surface area contributed by atoms with E-state index in [-0.39, 0.29) is 12.4 Å². The van der Waals surface area contributed by atoms with Crippen molar-refractivity contribution in [2.24, 2.45) is 5.73 Å². The highest BCUT2D eigenvalue weighted by Gasteiger charge is 2.09. The molecular weight excluding hydrogens is 209 g/mol. The van der Waals surface area contributed by atoms with Crippen LogP contribution in [0.3, 0.4) is 0 Å². The van der Waals surface area contributed by atoms with Gasteiger partial charge in [-0.05, 0) is 23.6 Å². The first-order valence-corrected chi connectivity index (χ1v) is 4.07. The van der Waals surface area contributed by atoms with E-state index in [1.165, 1.54) is 0 Å². The molecule has 1 atom stereocenters. The van der Waals surface area contributed by atoms with Gasteiger partial charge >= 0.3 is 0 Å². The second kappa shape index (κ2) is 5.97. The first-order chi connectivity index (χ1) is 5.70. The van der Waals surface area contributed by atoms with Gasteiger partial charge in [-0.2, -0.15) is 0 Å². The number of nitrogens with two attached hydrogens (primary N) is 1. The van der Waals surface area contributed by atoms with Crippen LogP contribution in [0.4, 0.5) is 0 Å². The first-order valence-electron chi connectivity index (χ1n) is 3.69. The topological polar surface area (TPSA) is 43.1 Å². The summed E-state index contributed by atoms with van der Waals surface area (Å²) in [6, 6.07) is 8.97. The molecule has 2 nitrogen and oxygen atoms in total. The van der Waals surface area contributed by atoms with Crippen molar-refractivity contribution in [1.29, 1.82) is 0 Å². The smallest absolute Gasteiger partial charge is 0.238 e. The summed E-state index contributed by atoms with van der Waals surface area (Å²) in [5.74, 6) is 0. The lowest BCUT2D eigenvalue weighted by atomic mass is 10.1. The third-order valence-electron chi connectivity index (χ3n) is 1.59. The number of rotatable bonds is 3. The van der Waals surface area contributed by atoms with Crippen LogP contribution in [0, 0.1) is 0 Å². The molecule has 13 heavy (non-hydrogen) atoms. The fourth-order valence-electron chi connectivity index (χ4n) is 0.948. The van der Waals surface area contributed by atoms with Crippen LogP contribution in [0.15, 0.2) is 30.3 Å². The summed E-state index contributed by atoms with van der Waals surface area (Å²) in [4.78, 5) is 10.6. The lowest BCUT2D eigenvalue weighted by Gasteiger charge is -2.04. The van der Waals surface area contributed by atoms with E-state index in [2.05, 4.69) is 0 Å². The third-order valence-corrected chi connectivity index (χ3v) is 1.87. The molecule has 1 rings (SSSR count). The van der Waals surface area contributed by atoms with Crippen molar-refractivity contribution < 1.29 is 4.79 Å². The largest absolute Gasteiger partial charge is 0.320 e. The van der Waals surface area contributed by atoms with Gasteiger partial charge in [-0.1, -0.05) is 30.3 Å². The maximum atomic E-state index is 10.6. The van der Waals surface area contributed by atoms with E-state index in [1.807, 2.05) is 30.3 Å². The Bertz CT molecular complexity index is 264. The minimum atomic E-state index is -0.589. The standard InChI is InChI=1S/C9H10ClNO.ClH/c10-9(12)8(11)6-7-4-2-1-3-5-7;/h1-5,8H,6,11H2;1H/t8-;/m0./s1. The molecule has 0 amide bonds. The Morgan fingerprint density at radius 1 is 1.38 bits per heavy atom. The predicted octanol–water partition coefficient (Wildman–Crippen LogP) is 1.74. The lowest BCUT2D eigenvalue weighted by molar-refractivity contribution is -0.112. The molecule has 0 aliphatic rings. The highest BCUT2D eigenvalue weighted by atomic mass is 35.5. The summed E-state index contributed by atoms with van der Waals surface area (Å²) in [6.07, 6.45) is 0.503. The Hall–Kier alpha value is -0.570. The molecule has 1 aromatic rings. The second-order valence-corrected chi connectivity index (χ2v) is 2.97. The second-order valence-electron chi connectivity index (χ2n) is 2.60. The maximum absolute atomic E-state index is 10.6. The Labute approximate surface area is 88.5 Å². The summed E-state index contributed by atoms with van der Waals surface area (Å²) < 4.78 is 0. The maximum Gasteiger partial charge on any atom is 0.238 e. The number of halogens is 2. The van der Waals surface area contributed by atoms with Crippen LogP contribution in [0.25, 0.3) is 0 Å². The van der Waals surface area contributed by atoms with E-state index in [0.717, 1.165) is 5.56 Å². The summed E-state index contributed by atoms with van der Waals surface area (Å²) in [7, 11) is 0. The predicted molar refractivity (Wildman–Crippen MR) is 56.2 cm³/mol. The molecule has 0 fully saturated rings. The van der Waals surface area contributed by atoms with Gasteiger partial charge in [0.05, 0.1) is 6.04 Å². The number of carbonyl (C=O) groups excluding carboxylic acids is 1. The number of hydrogen-bond donors (Lipinski definition) is 1. The van der Waals surface area contributed by atoms with E-state index in [1.54, 1.807) is 0 Å². The van der Waals surface area contributed by atoms with Gasteiger partial charge in [0.15, 0.2) is 0 Å². The molecule has 2 N–H and O–H groups in total. The average molecular weight is 220 g/mol. The van der Waals surface area contributed by atoms with Gasteiger partial charge in [0.25, 0.3) is 0 Å². The molecule has 0 aromatic heterocycles. The summed E-state index contributed by atoms with van der Waals surface area (Å²) >= 11 is 5.21. The zero-order valence-electron chi connectivity index (χ0n) is 6.94. The van der Waals surface area contributed by atoms with Crippen molar-refractivity contribution in [2.45, 2.75) is 12.5 Å². The van der Waals surface area contributed by atoms with Crippen LogP contribution in [0.5, 0.6) is 0 Å². The molecule has 0 heterocycles. The Balaban J connectivity index is 0.00000144. The van der Waals surface area contributed by atoms with Crippen LogP contribution in [0.1, 0.15) is 5.56 Å². The van der Waals surface area contributed by atoms with E-state index >= 15 is 0 Å². The Kier molecular flexibility index (Phi) is 5.71. The van der Waals surface area contributed by atoms with Crippen molar-refractivity contribution in [3.05, 3.63) is 35.9 Å². The van der Waals surface area contributed by atoms with E-state index in [4.69, 9.17) is 17.3 Å². The summed E-state index contributed by atoms with van der Waals surface area (Å²) in [5.41, 5.74) is 6.49. The van der Waals surface area contributed by atoms with Crippen molar-refractivity contribution in [3.8, 4) is 0 Å². The Morgan fingerprint density at radius 3 is 2.38 bits per heavy atom. The molecule has 4 heteroatoms. The van der Waals surface area contributed by atoms with Crippen molar-refractivity contribution in [3.63, 3.8) is 0 Å². The number of benzene rings is 1. The van der Waals surface area contributed by atoms with Gasteiger partial charge < -0.3 is 5.73 Å². The van der Waals surface area contributed by atoms with Crippen LogP contribution in [-0.4, -0.2) is 11.3 Å². The first kappa shape index (κ1) is 12.4. The molecule has 0 aliphatic heterocycles. The van der Waals surface area contributed by atoms with Gasteiger partial charge in [-0.3, -0.25) is 4.79 Å². The summed E-state index contributed by atoms with van der Waals surface area (Å²) in [6.45, 7) is 0. The van der Waals surface area contributed by atoms with E-state index < -0.39 is 11.3 Å². The van der Waals surface area contributed by atoms with E-state index in [9.17, 15) is 4.79 Å². The highest BCUT2D eigenvalue weighted by Crippen LogP contribution is 2.03. The van der Waals surface area contributed by atoms with Gasteiger partial charge in [0, 0.05) is 0 Å². The summed E-state index contributed by atoms with van der Waals surface area (Å²) in [5, 5.41) is -0.487. The average Bonchev–Trinajstić information content (AvgIpc) is 2.06. The molecule has 0 saturated carbocycles. The molecule has 0 radical (unpaired) electrons. The fourth-order valence-corrected chi connectivity index (χ4v) is 1.03. The quantitative estimate of drug-likeness (QED) is 0.788. The van der Waals surface area contributed by atoms with Gasteiger partial charge in [-0.15, -0.1) is 12.4 Å². The van der Waals surface area contributed by atoms with Crippen LogP contribution >= 0.6 is 24.0 Å². The van der Waals surface area contributed by atoms with Gasteiger partial charge in [0.1, 0.15) is 0 Å². The Morgan fingerprint density at radius 2 is 1.92 bits per heavy atom. The molecule has 1 aromatic carbocycles. The van der Waals surface area contributed by atoms with Crippen LogP contribution < -0.4 is 5.73 Å². The lowest BCUT2D eigenvalue weighted by Crippen LogP contribution is -2.29. The fraction of sp³-hybridized carbons (Fsp3) is 0.222. The third kappa shape index (κ3) is 4.27. The van der Waals surface area contributed by atoms with Crippen molar-refractivity contribution in [2.75, 3.05) is 0 Å². The monoisotopic (exact) mass is 219 g/mol. The molecule has 0 aliphatic carbocycles. The number of carbonyl (C=O) groups is 1. The molecular formula is C9H11Cl2NO. The zero-order valence-corrected chi connectivity index (χ0v) is 8.52. The molecule has 0 bridgehead atoms. The van der Waals surface area contributed by atoms with Crippen molar-refractivity contribution >= 4 is 29.3 Å². The van der Waals surface area contributed by atoms with Crippen molar-refractivity contribution in [1.82, 2.24) is 0 Å². The van der Waals surface area contributed by atoms with Crippen LogP contribution in [-0.2, 0) is 11.2 Å². The molecule has 72 valence electrons. The zero-order chi connectivity index (χ0) is 8.97. The molecule has 0 spiro atoms. The van der Waals surface area contributed by atoms with Crippen LogP contribution in [0.2, 0.25) is 0 Å². The van der Waals surface area contributed by atoms with E-state index in [0.29, 0.717) is 6.42 Å². The molecule has 0 unspecified atom stereocenters. The number of hydrogen-bond acceptors (Lipinski definition) is 2. The highest BCUT2D eigenvalue weighted by molar-refractivity contribution is 6.64.